The average molecular weight is 238 g/mol. The van der Waals surface area contributed by atoms with E-state index in [-0.39, 0.29) is 6.61 Å². The van der Waals surface area contributed by atoms with Crippen LogP contribution in [0.3, 0.4) is 0 Å². The first kappa shape index (κ1) is 13.1. The highest BCUT2D eigenvalue weighted by Crippen LogP contribution is 2.58. The van der Waals surface area contributed by atoms with Gasteiger partial charge in [0.05, 0.1) is 12.7 Å². The zero-order valence-corrected chi connectivity index (χ0v) is 11.4. The normalized spacial score (nSPS) is 41.2. The highest BCUT2D eigenvalue weighted by atomic mass is 16.5. The highest BCUT2D eigenvalue weighted by Gasteiger charge is 2.55. The molecule has 0 heterocycles. The summed E-state index contributed by atoms with van der Waals surface area (Å²) in [5.74, 6) is 1.67. The van der Waals surface area contributed by atoms with Crippen LogP contribution >= 0.6 is 0 Å². The molecule has 0 aliphatic heterocycles. The van der Waals surface area contributed by atoms with Crippen LogP contribution in [0.15, 0.2) is 11.6 Å². The fraction of sp³-hybridized carbons (Fsp3) is 0.867. The van der Waals surface area contributed by atoms with Crippen molar-refractivity contribution in [1.29, 1.82) is 0 Å². The van der Waals surface area contributed by atoms with Crippen LogP contribution in [0, 0.1) is 17.3 Å². The van der Waals surface area contributed by atoms with Gasteiger partial charge in [0.1, 0.15) is 0 Å². The van der Waals surface area contributed by atoms with E-state index in [9.17, 15) is 0 Å². The van der Waals surface area contributed by atoms with Gasteiger partial charge in [-0.1, -0.05) is 18.6 Å². The molecule has 2 heteroatoms. The van der Waals surface area contributed by atoms with Gasteiger partial charge < -0.3 is 9.84 Å². The third-order valence-electron chi connectivity index (χ3n) is 5.16. The smallest absolute Gasteiger partial charge is 0.0655 e. The summed E-state index contributed by atoms with van der Waals surface area (Å²) in [6, 6.07) is 0. The summed E-state index contributed by atoms with van der Waals surface area (Å²) in [6.07, 6.45) is 9.05. The molecule has 0 aromatic rings. The Morgan fingerprint density at radius 3 is 2.88 bits per heavy atom. The maximum atomic E-state index is 9.00. The van der Waals surface area contributed by atoms with E-state index < -0.39 is 0 Å². The lowest BCUT2D eigenvalue weighted by atomic mass is 9.69. The number of hydrogen-bond donors (Lipinski definition) is 1. The summed E-state index contributed by atoms with van der Waals surface area (Å²) < 4.78 is 5.77. The molecular formula is C15H26O2. The van der Waals surface area contributed by atoms with E-state index in [1.165, 1.54) is 25.7 Å². The van der Waals surface area contributed by atoms with Crippen LogP contribution < -0.4 is 0 Å². The van der Waals surface area contributed by atoms with Crippen LogP contribution in [0.25, 0.3) is 0 Å². The Morgan fingerprint density at radius 2 is 2.24 bits per heavy atom. The number of methoxy groups -OCH3 is 1. The molecule has 2 rings (SSSR count). The van der Waals surface area contributed by atoms with Crippen molar-refractivity contribution in [2.45, 2.75) is 52.1 Å². The second-order valence-corrected chi connectivity index (χ2v) is 6.18. The quantitative estimate of drug-likeness (QED) is 0.746. The summed E-state index contributed by atoms with van der Waals surface area (Å²) in [6.45, 7) is 4.60. The van der Waals surface area contributed by atoms with Crippen LogP contribution in [0.4, 0.5) is 0 Å². The van der Waals surface area contributed by atoms with E-state index in [2.05, 4.69) is 13.0 Å². The fourth-order valence-corrected chi connectivity index (χ4v) is 4.16. The van der Waals surface area contributed by atoms with Gasteiger partial charge >= 0.3 is 0 Å². The van der Waals surface area contributed by atoms with Crippen molar-refractivity contribution < 1.29 is 9.84 Å². The van der Waals surface area contributed by atoms with Gasteiger partial charge in [-0.15, -0.1) is 0 Å². The monoisotopic (exact) mass is 238 g/mol. The van der Waals surface area contributed by atoms with Crippen molar-refractivity contribution in [3.8, 4) is 0 Å². The van der Waals surface area contributed by atoms with Crippen molar-refractivity contribution in [2.75, 3.05) is 13.7 Å². The van der Waals surface area contributed by atoms with Gasteiger partial charge in [-0.3, -0.25) is 0 Å². The number of aliphatic hydroxyl groups is 1. The van der Waals surface area contributed by atoms with Gasteiger partial charge in [-0.2, -0.15) is 0 Å². The van der Waals surface area contributed by atoms with E-state index in [4.69, 9.17) is 9.84 Å². The van der Waals surface area contributed by atoms with Crippen molar-refractivity contribution in [3.05, 3.63) is 11.6 Å². The molecule has 2 aliphatic rings. The molecular weight excluding hydrogens is 212 g/mol. The van der Waals surface area contributed by atoms with Crippen molar-refractivity contribution in [1.82, 2.24) is 0 Å². The Hall–Kier alpha value is -0.340. The second kappa shape index (κ2) is 5.11. The number of hydrogen-bond acceptors (Lipinski definition) is 2. The molecule has 0 radical (unpaired) electrons. The molecule has 2 saturated carbocycles. The minimum Gasteiger partial charge on any atom is -0.392 e. The molecule has 0 aromatic carbocycles. The maximum absolute atomic E-state index is 9.00. The summed E-state index contributed by atoms with van der Waals surface area (Å²) in [4.78, 5) is 0. The first-order valence-electron chi connectivity index (χ1n) is 6.91. The molecule has 0 saturated heterocycles. The van der Waals surface area contributed by atoms with Gasteiger partial charge in [0.15, 0.2) is 0 Å². The highest BCUT2D eigenvalue weighted by molar-refractivity contribution is 5.06. The van der Waals surface area contributed by atoms with E-state index >= 15 is 0 Å². The van der Waals surface area contributed by atoms with E-state index in [0.717, 1.165) is 23.8 Å². The molecule has 17 heavy (non-hydrogen) atoms. The second-order valence-electron chi connectivity index (χ2n) is 6.18. The van der Waals surface area contributed by atoms with Crippen molar-refractivity contribution in [2.24, 2.45) is 17.3 Å². The number of fused-ring (bicyclic) bond motifs is 2. The molecule has 0 spiro atoms. The van der Waals surface area contributed by atoms with Crippen molar-refractivity contribution in [3.63, 3.8) is 0 Å². The topological polar surface area (TPSA) is 29.5 Å². The largest absolute Gasteiger partial charge is 0.392 e. The molecule has 2 bridgehead atoms. The first-order chi connectivity index (χ1) is 8.11. The molecule has 0 amide bonds. The molecule has 0 aromatic heterocycles. The standard InChI is InChI=1S/C15H26O2/c1-11(10-16)5-4-8-15(2)13-7-6-12(9-13)14(15)17-3/h5,12-14,16H,4,6-10H2,1-3H3/b11-5-/t12-,13+,14+,15-/m1/s1. The molecule has 1 N–H and O–H groups in total. The van der Waals surface area contributed by atoms with Gasteiger partial charge in [0.2, 0.25) is 0 Å². The summed E-state index contributed by atoms with van der Waals surface area (Å²) in [5.41, 5.74) is 1.45. The lowest BCUT2D eigenvalue weighted by molar-refractivity contribution is -0.0447. The van der Waals surface area contributed by atoms with E-state index in [0.29, 0.717) is 11.5 Å². The Morgan fingerprint density at radius 1 is 1.47 bits per heavy atom. The van der Waals surface area contributed by atoms with Crippen LogP contribution in [0.2, 0.25) is 0 Å². The molecule has 98 valence electrons. The zero-order chi connectivity index (χ0) is 12.5. The molecule has 2 aliphatic carbocycles. The molecule has 0 unspecified atom stereocenters. The summed E-state index contributed by atoms with van der Waals surface area (Å²) in [7, 11) is 1.87. The van der Waals surface area contributed by atoms with Gasteiger partial charge in [0, 0.05) is 7.11 Å². The maximum Gasteiger partial charge on any atom is 0.0655 e. The molecule has 4 atom stereocenters. The van der Waals surface area contributed by atoms with E-state index in [1.54, 1.807) is 0 Å². The Bertz CT molecular complexity index is 297. The molecule has 2 nitrogen and oxygen atoms in total. The minimum atomic E-state index is 0.191. The Kier molecular flexibility index (Phi) is 3.94. The number of allylic oxidation sites excluding steroid dienone is 1. The lowest BCUT2D eigenvalue weighted by Gasteiger charge is -2.40. The number of ether oxygens (including phenoxy) is 1. The van der Waals surface area contributed by atoms with Gasteiger partial charge in [-0.25, -0.2) is 0 Å². The summed E-state index contributed by atoms with van der Waals surface area (Å²) in [5, 5.41) is 9.00. The van der Waals surface area contributed by atoms with Crippen LogP contribution in [-0.4, -0.2) is 24.9 Å². The number of rotatable bonds is 5. The first-order valence-corrected chi connectivity index (χ1v) is 6.91. The lowest BCUT2D eigenvalue weighted by Crippen LogP contribution is -2.39. The van der Waals surface area contributed by atoms with Crippen LogP contribution in [0.1, 0.15) is 46.0 Å². The third kappa shape index (κ3) is 2.30. The summed E-state index contributed by atoms with van der Waals surface area (Å²) >= 11 is 0. The van der Waals surface area contributed by atoms with Crippen molar-refractivity contribution >= 4 is 0 Å². The van der Waals surface area contributed by atoms with E-state index in [1.807, 2.05) is 14.0 Å². The fourth-order valence-electron chi connectivity index (χ4n) is 4.16. The minimum absolute atomic E-state index is 0.191. The van der Waals surface area contributed by atoms with Crippen LogP contribution in [0.5, 0.6) is 0 Å². The van der Waals surface area contributed by atoms with Crippen LogP contribution in [-0.2, 0) is 4.74 Å². The Balaban J connectivity index is 1.98. The van der Waals surface area contributed by atoms with Gasteiger partial charge in [0.25, 0.3) is 0 Å². The van der Waals surface area contributed by atoms with Gasteiger partial charge in [-0.05, 0) is 56.3 Å². The number of aliphatic hydroxyl groups excluding tert-OH is 1. The third-order valence-corrected chi connectivity index (χ3v) is 5.16. The Labute approximate surface area is 105 Å². The predicted octanol–water partition coefficient (Wildman–Crippen LogP) is 3.16. The molecule has 2 fully saturated rings. The SMILES string of the molecule is CO[C@H]1[C@@H]2CC[C@@H](C2)[C@@]1(C)CC/C=C(/C)CO. The predicted molar refractivity (Wildman–Crippen MR) is 69.8 cm³/mol. The average Bonchev–Trinajstić information content (AvgIpc) is 2.88. The zero-order valence-electron chi connectivity index (χ0n) is 11.4.